The zero-order valence-electron chi connectivity index (χ0n) is 13.7. The Morgan fingerprint density at radius 1 is 1.39 bits per heavy atom. The number of nitriles is 1. The molecule has 130 valence electrons. The van der Waals surface area contributed by atoms with Crippen LogP contribution in [0.4, 0.5) is 0 Å². The number of nitrogens with one attached hydrogen (secondary N) is 1. The molecule has 0 radical (unpaired) electrons. The molecule has 0 bridgehead atoms. The first-order valence-corrected chi connectivity index (χ1v) is 9.96. The molecule has 0 aromatic rings. The van der Waals surface area contributed by atoms with Gasteiger partial charge in [-0.1, -0.05) is 13.3 Å². The number of rotatable bonds is 5. The Kier molecular flexibility index (Phi) is 5.65. The Hall–Kier alpha value is -1.17. The third-order valence-electron chi connectivity index (χ3n) is 4.72. The lowest BCUT2D eigenvalue weighted by Crippen LogP contribution is -2.46. The SMILES string of the molecule is CCC[C@@H]1CN(C(=O)C2(C#N)CCOCC2)C[C@H]1NS(C)(=O)=O. The molecule has 0 spiro atoms. The summed E-state index contributed by atoms with van der Waals surface area (Å²) >= 11 is 0. The van der Waals surface area contributed by atoms with Crippen molar-refractivity contribution < 1.29 is 17.9 Å². The first-order chi connectivity index (χ1) is 10.8. The van der Waals surface area contributed by atoms with E-state index in [1.165, 1.54) is 0 Å². The van der Waals surface area contributed by atoms with Gasteiger partial charge in [-0.25, -0.2) is 13.1 Å². The summed E-state index contributed by atoms with van der Waals surface area (Å²) in [5, 5.41) is 9.53. The molecule has 1 amide bonds. The Morgan fingerprint density at radius 2 is 2.04 bits per heavy atom. The van der Waals surface area contributed by atoms with Crippen LogP contribution in [0.1, 0.15) is 32.6 Å². The van der Waals surface area contributed by atoms with Crippen molar-refractivity contribution in [1.82, 2.24) is 9.62 Å². The van der Waals surface area contributed by atoms with Gasteiger partial charge in [-0.05, 0) is 25.2 Å². The maximum Gasteiger partial charge on any atom is 0.243 e. The van der Waals surface area contributed by atoms with Gasteiger partial charge < -0.3 is 9.64 Å². The number of ether oxygens (including phenoxy) is 1. The molecule has 0 aromatic heterocycles. The lowest BCUT2D eigenvalue weighted by atomic mass is 9.80. The van der Waals surface area contributed by atoms with Crippen LogP contribution in [0.15, 0.2) is 0 Å². The summed E-state index contributed by atoms with van der Waals surface area (Å²) in [6, 6.07) is 1.92. The van der Waals surface area contributed by atoms with E-state index >= 15 is 0 Å². The van der Waals surface area contributed by atoms with Crippen LogP contribution in [0, 0.1) is 22.7 Å². The molecule has 2 heterocycles. The Balaban J connectivity index is 2.14. The molecule has 8 heteroatoms. The molecule has 2 aliphatic heterocycles. The largest absolute Gasteiger partial charge is 0.381 e. The van der Waals surface area contributed by atoms with Crippen molar-refractivity contribution in [3.05, 3.63) is 0 Å². The minimum absolute atomic E-state index is 0.0919. The molecule has 2 saturated heterocycles. The van der Waals surface area contributed by atoms with Gasteiger partial charge in [0.1, 0.15) is 5.41 Å². The van der Waals surface area contributed by atoms with Crippen LogP contribution in [-0.2, 0) is 19.6 Å². The fourth-order valence-corrected chi connectivity index (χ4v) is 4.32. The van der Waals surface area contributed by atoms with Crippen LogP contribution < -0.4 is 4.72 Å². The van der Waals surface area contributed by atoms with Gasteiger partial charge in [-0.15, -0.1) is 0 Å². The molecule has 2 rings (SSSR count). The predicted octanol–water partition coefficient (Wildman–Crippen LogP) is 0.483. The molecule has 0 aliphatic carbocycles. The summed E-state index contributed by atoms with van der Waals surface area (Å²) < 4.78 is 31.0. The molecule has 2 aliphatic rings. The van der Waals surface area contributed by atoms with Crippen LogP contribution in [0.5, 0.6) is 0 Å². The summed E-state index contributed by atoms with van der Waals surface area (Å²) in [6.07, 6.45) is 3.71. The molecular formula is C15H25N3O4S. The summed E-state index contributed by atoms with van der Waals surface area (Å²) in [7, 11) is -3.33. The number of nitrogens with zero attached hydrogens (tertiary/aromatic N) is 2. The van der Waals surface area contributed by atoms with E-state index in [2.05, 4.69) is 10.8 Å². The number of carbonyl (C=O) groups excluding carboxylic acids is 1. The van der Waals surface area contributed by atoms with Crippen LogP contribution >= 0.6 is 0 Å². The molecular weight excluding hydrogens is 318 g/mol. The zero-order chi connectivity index (χ0) is 17.1. The van der Waals surface area contributed by atoms with E-state index in [0.29, 0.717) is 39.1 Å². The van der Waals surface area contributed by atoms with E-state index < -0.39 is 15.4 Å². The number of likely N-dealkylation sites (tertiary alicyclic amines) is 1. The summed E-state index contributed by atoms with van der Waals surface area (Å²) in [4.78, 5) is 14.5. The van der Waals surface area contributed by atoms with E-state index in [4.69, 9.17) is 4.74 Å². The van der Waals surface area contributed by atoms with Crippen LogP contribution in [0.25, 0.3) is 0 Å². The minimum Gasteiger partial charge on any atom is -0.381 e. The van der Waals surface area contributed by atoms with Crippen molar-refractivity contribution >= 4 is 15.9 Å². The van der Waals surface area contributed by atoms with Crippen LogP contribution in [0.3, 0.4) is 0 Å². The highest BCUT2D eigenvalue weighted by molar-refractivity contribution is 7.88. The summed E-state index contributed by atoms with van der Waals surface area (Å²) in [6.45, 7) is 3.70. The van der Waals surface area contributed by atoms with Gasteiger partial charge in [0.2, 0.25) is 15.9 Å². The van der Waals surface area contributed by atoms with E-state index in [-0.39, 0.29) is 17.9 Å². The average molecular weight is 343 g/mol. The molecule has 2 fully saturated rings. The normalized spacial score (nSPS) is 27.6. The Morgan fingerprint density at radius 3 is 2.57 bits per heavy atom. The summed E-state index contributed by atoms with van der Waals surface area (Å²) in [5.74, 6) is -0.0866. The van der Waals surface area contributed by atoms with Crippen LogP contribution in [0.2, 0.25) is 0 Å². The van der Waals surface area contributed by atoms with Crippen molar-refractivity contribution in [3.8, 4) is 6.07 Å². The maximum atomic E-state index is 12.9. The first kappa shape index (κ1) is 18.2. The van der Waals surface area contributed by atoms with Crippen molar-refractivity contribution in [2.75, 3.05) is 32.6 Å². The van der Waals surface area contributed by atoms with Gasteiger partial charge in [0.25, 0.3) is 0 Å². The molecule has 0 aromatic carbocycles. The van der Waals surface area contributed by atoms with Gasteiger partial charge in [0.15, 0.2) is 0 Å². The zero-order valence-corrected chi connectivity index (χ0v) is 14.6. The first-order valence-electron chi connectivity index (χ1n) is 8.07. The average Bonchev–Trinajstić information content (AvgIpc) is 2.88. The number of amides is 1. The van der Waals surface area contributed by atoms with E-state index in [1.807, 2.05) is 6.92 Å². The third-order valence-corrected chi connectivity index (χ3v) is 5.45. The molecule has 0 unspecified atom stereocenters. The minimum atomic E-state index is -3.33. The molecule has 7 nitrogen and oxygen atoms in total. The van der Waals surface area contributed by atoms with Crippen molar-refractivity contribution in [1.29, 1.82) is 5.26 Å². The van der Waals surface area contributed by atoms with Crippen molar-refractivity contribution in [2.45, 2.75) is 38.6 Å². The topological polar surface area (TPSA) is 99.5 Å². The fourth-order valence-electron chi connectivity index (χ4n) is 3.50. The highest BCUT2D eigenvalue weighted by atomic mass is 32.2. The molecule has 0 saturated carbocycles. The second-order valence-corrected chi connectivity index (χ2v) is 8.34. The lowest BCUT2D eigenvalue weighted by molar-refractivity contribution is -0.142. The lowest BCUT2D eigenvalue weighted by Gasteiger charge is -2.33. The molecule has 1 N–H and O–H groups in total. The van der Waals surface area contributed by atoms with Gasteiger partial charge in [0, 0.05) is 32.3 Å². The third kappa shape index (κ3) is 4.22. The van der Waals surface area contributed by atoms with Crippen LogP contribution in [-0.4, -0.2) is 57.8 Å². The monoisotopic (exact) mass is 343 g/mol. The van der Waals surface area contributed by atoms with Crippen molar-refractivity contribution in [2.24, 2.45) is 11.3 Å². The smallest absolute Gasteiger partial charge is 0.243 e. The second-order valence-electron chi connectivity index (χ2n) is 6.56. The van der Waals surface area contributed by atoms with E-state index in [0.717, 1.165) is 19.1 Å². The molecule has 2 atom stereocenters. The highest BCUT2D eigenvalue weighted by Gasteiger charge is 2.46. The van der Waals surface area contributed by atoms with Gasteiger partial charge >= 0.3 is 0 Å². The number of carbonyl (C=O) groups is 1. The number of hydrogen-bond acceptors (Lipinski definition) is 5. The van der Waals surface area contributed by atoms with Crippen molar-refractivity contribution in [3.63, 3.8) is 0 Å². The standard InChI is InChI=1S/C15H25N3O4S/c1-3-4-12-9-18(10-13(12)17-23(2,20)21)14(19)15(11-16)5-7-22-8-6-15/h12-13,17H,3-10H2,1-2H3/t12-,13-/m1/s1. The summed E-state index contributed by atoms with van der Waals surface area (Å²) in [5.41, 5.74) is -1.02. The predicted molar refractivity (Wildman–Crippen MR) is 84.8 cm³/mol. The Labute approximate surface area is 138 Å². The van der Waals surface area contributed by atoms with E-state index in [1.54, 1.807) is 4.90 Å². The number of hydrogen-bond donors (Lipinski definition) is 1. The van der Waals surface area contributed by atoms with Gasteiger partial charge in [-0.3, -0.25) is 4.79 Å². The maximum absolute atomic E-state index is 12.9. The van der Waals surface area contributed by atoms with Gasteiger partial charge in [0.05, 0.1) is 12.3 Å². The second kappa shape index (κ2) is 7.16. The molecule has 23 heavy (non-hydrogen) atoms. The quantitative estimate of drug-likeness (QED) is 0.783. The van der Waals surface area contributed by atoms with Gasteiger partial charge in [-0.2, -0.15) is 5.26 Å². The Bertz CT molecular complexity index is 578. The highest BCUT2D eigenvalue weighted by Crippen LogP contribution is 2.34. The number of sulfonamides is 1. The van der Waals surface area contributed by atoms with E-state index in [9.17, 15) is 18.5 Å². The fraction of sp³-hybridized carbons (Fsp3) is 0.867.